The number of rotatable bonds is 8. The summed E-state index contributed by atoms with van der Waals surface area (Å²) in [6.45, 7) is 6.28. The topological polar surface area (TPSA) is 106 Å². The summed E-state index contributed by atoms with van der Waals surface area (Å²) in [5.74, 6) is -0.904. The lowest BCUT2D eigenvalue weighted by Crippen LogP contribution is -2.29. The number of aliphatic hydroxyl groups excluding tert-OH is 1. The van der Waals surface area contributed by atoms with E-state index in [9.17, 15) is 19.8 Å². The van der Waals surface area contributed by atoms with Gasteiger partial charge in [0.25, 0.3) is 11.7 Å². The van der Waals surface area contributed by atoms with Crippen molar-refractivity contribution in [2.45, 2.75) is 26.8 Å². The molecule has 37 heavy (non-hydrogen) atoms. The van der Waals surface area contributed by atoms with Crippen molar-refractivity contribution in [1.82, 2.24) is 0 Å². The Labute approximate surface area is 215 Å². The third-order valence-electron chi connectivity index (χ3n) is 6.08. The van der Waals surface area contributed by atoms with Crippen LogP contribution < -0.4 is 19.1 Å². The molecule has 0 saturated carbocycles. The molecular weight excluding hydrogens is 474 g/mol. The zero-order valence-electron chi connectivity index (χ0n) is 21.1. The Balaban J connectivity index is 1.96. The number of aromatic hydroxyl groups is 1. The molecule has 1 saturated heterocycles. The summed E-state index contributed by atoms with van der Waals surface area (Å²) in [6, 6.07) is 15.6. The Kier molecular flexibility index (Phi) is 7.38. The highest BCUT2D eigenvalue weighted by atomic mass is 16.5. The Bertz CT molecular complexity index is 1360. The number of anilines is 1. The smallest absolute Gasteiger partial charge is 0.300 e. The first kappa shape index (κ1) is 25.6. The highest BCUT2D eigenvalue weighted by Gasteiger charge is 2.47. The Morgan fingerprint density at radius 2 is 1.62 bits per heavy atom. The summed E-state index contributed by atoms with van der Waals surface area (Å²) in [5.41, 5.74) is 1.94. The van der Waals surface area contributed by atoms with Crippen LogP contribution in [-0.2, 0) is 9.59 Å². The number of Topliss-reactive ketones (excluding diaryl/α,β-unsaturated/α-hetero) is 1. The number of hydrogen-bond acceptors (Lipinski definition) is 7. The number of phenolic OH excluding ortho intramolecular Hbond substituents is 1. The van der Waals surface area contributed by atoms with Crippen LogP contribution in [0.2, 0.25) is 0 Å². The van der Waals surface area contributed by atoms with E-state index in [0.717, 1.165) is 5.56 Å². The molecule has 1 aliphatic heterocycles. The molecule has 1 fully saturated rings. The maximum atomic E-state index is 13.5. The van der Waals surface area contributed by atoms with Gasteiger partial charge in [0, 0.05) is 5.69 Å². The number of methoxy groups -OCH3 is 1. The number of aliphatic hydroxyl groups is 1. The predicted molar refractivity (Wildman–Crippen MR) is 139 cm³/mol. The van der Waals surface area contributed by atoms with Crippen LogP contribution in [-0.4, -0.2) is 42.2 Å². The van der Waals surface area contributed by atoms with Crippen LogP contribution in [0.4, 0.5) is 5.69 Å². The number of phenols is 1. The number of aryl methyl sites for hydroxylation is 1. The minimum absolute atomic E-state index is 0.0797. The maximum Gasteiger partial charge on any atom is 0.300 e. The molecule has 0 bridgehead atoms. The van der Waals surface area contributed by atoms with E-state index in [1.807, 2.05) is 19.9 Å². The van der Waals surface area contributed by atoms with Crippen LogP contribution in [0.5, 0.6) is 23.0 Å². The molecule has 1 amide bonds. The first-order valence-corrected chi connectivity index (χ1v) is 11.9. The summed E-state index contributed by atoms with van der Waals surface area (Å²) < 4.78 is 16.5. The Morgan fingerprint density at radius 1 is 0.919 bits per heavy atom. The van der Waals surface area contributed by atoms with Gasteiger partial charge in [-0.3, -0.25) is 14.5 Å². The minimum Gasteiger partial charge on any atom is -0.507 e. The number of amides is 1. The summed E-state index contributed by atoms with van der Waals surface area (Å²) >= 11 is 0. The van der Waals surface area contributed by atoms with E-state index in [2.05, 4.69) is 0 Å². The molecule has 3 aromatic rings. The number of ether oxygens (including phenoxy) is 3. The van der Waals surface area contributed by atoms with Gasteiger partial charge >= 0.3 is 0 Å². The monoisotopic (exact) mass is 503 g/mol. The van der Waals surface area contributed by atoms with E-state index in [-0.39, 0.29) is 22.8 Å². The molecule has 8 nitrogen and oxygen atoms in total. The van der Waals surface area contributed by atoms with Crippen molar-refractivity contribution in [1.29, 1.82) is 0 Å². The zero-order chi connectivity index (χ0) is 26.7. The van der Waals surface area contributed by atoms with Gasteiger partial charge in [-0.2, -0.15) is 0 Å². The number of hydrogen-bond donors (Lipinski definition) is 2. The first-order chi connectivity index (χ1) is 17.8. The van der Waals surface area contributed by atoms with Crippen molar-refractivity contribution in [3.8, 4) is 23.0 Å². The molecule has 3 aromatic carbocycles. The van der Waals surface area contributed by atoms with Crippen LogP contribution >= 0.6 is 0 Å². The van der Waals surface area contributed by atoms with Crippen molar-refractivity contribution < 1.29 is 34.0 Å². The lowest BCUT2D eigenvalue weighted by Gasteiger charge is -2.26. The van der Waals surface area contributed by atoms with Gasteiger partial charge in [0.2, 0.25) is 0 Å². The van der Waals surface area contributed by atoms with E-state index in [4.69, 9.17) is 14.2 Å². The average molecular weight is 504 g/mol. The maximum absolute atomic E-state index is 13.5. The summed E-state index contributed by atoms with van der Waals surface area (Å²) in [4.78, 5) is 28.2. The second-order valence-corrected chi connectivity index (χ2v) is 8.46. The van der Waals surface area contributed by atoms with Crippen LogP contribution in [0, 0.1) is 6.92 Å². The van der Waals surface area contributed by atoms with Gasteiger partial charge in [-0.1, -0.05) is 17.7 Å². The van der Waals surface area contributed by atoms with Gasteiger partial charge in [0.05, 0.1) is 37.5 Å². The van der Waals surface area contributed by atoms with E-state index in [1.165, 1.54) is 18.1 Å². The van der Waals surface area contributed by atoms with Crippen LogP contribution in [0.25, 0.3) is 5.76 Å². The van der Waals surface area contributed by atoms with Crippen LogP contribution in [0.3, 0.4) is 0 Å². The van der Waals surface area contributed by atoms with Crippen LogP contribution in [0.15, 0.2) is 66.2 Å². The molecular formula is C29H29NO7. The van der Waals surface area contributed by atoms with Gasteiger partial charge in [0.1, 0.15) is 17.3 Å². The molecule has 8 heteroatoms. The number of ketones is 1. The lowest BCUT2D eigenvalue weighted by atomic mass is 9.94. The zero-order valence-corrected chi connectivity index (χ0v) is 21.1. The van der Waals surface area contributed by atoms with Crippen molar-refractivity contribution in [2.75, 3.05) is 25.2 Å². The molecule has 1 heterocycles. The third-order valence-corrected chi connectivity index (χ3v) is 6.08. The van der Waals surface area contributed by atoms with Gasteiger partial charge in [-0.05, 0) is 74.9 Å². The fourth-order valence-corrected chi connectivity index (χ4v) is 4.41. The highest BCUT2D eigenvalue weighted by molar-refractivity contribution is 6.51. The molecule has 0 radical (unpaired) electrons. The first-order valence-electron chi connectivity index (χ1n) is 11.9. The predicted octanol–water partition coefficient (Wildman–Crippen LogP) is 5.13. The molecule has 0 aromatic heterocycles. The second-order valence-electron chi connectivity index (χ2n) is 8.46. The number of carbonyl (C=O) groups excluding carboxylic acids is 2. The number of nitrogens with zero attached hydrogens (tertiary/aromatic N) is 1. The van der Waals surface area contributed by atoms with E-state index in [0.29, 0.717) is 41.5 Å². The largest absolute Gasteiger partial charge is 0.507 e. The number of carbonyl (C=O) groups is 2. The molecule has 1 aliphatic rings. The molecule has 2 N–H and O–H groups in total. The van der Waals surface area contributed by atoms with Gasteiger partial charge in [-0.15, -0.1) is 0 Å². The van der Waals surface area contributed by atoms with E-state index in [1.54, 1.807) is 55.5 Å². The van der Waals surface area contributed by atoms with Crippen molar-refractivity contribution in [3.63, 3.8) is 0 Å². The standard InChI is InChI=1S/C29H29NO7/c1-5-36-20-11-9-19(10-12-20)30-26(18-8-13-22(31)24(16-18)37-6-2)25(28(33)29(30)34)27(32)21-15-17(3)7-14-23(21)35-4/h7-16,26,31-32H,5-6H2,1-4H3/b27-25+. The van der Waals surface area contributed by atoms with Crippen LogP contribution in [0.1, 0.15) is 36.6 Å². The summed E-state index contributed by atoms with van der Waals surface area (Å²) in [5, 5.41) is 21.7. The SMILES string of the molecule is CCOc1ccc(N2C(=O)C(=O)/C(=C(/O)c3cc(C)ccc3OC)C2c2ccc(O)c(OCC)c2)cc1. The fraction of sp³-hybridized carbons (Fsp3) is 0.241. The molecule has 1 atom stereocenters. The van der Waals surface area contributed by atoms with Crippen molar-refractivity contribution in [2.24, 2.45) is 0 Å². The quantitative estimate of drug-likeness (QED) is 0.249. The summed E-state index contributed by atoms with van der Waals surface area (Å²) in [6.07, 6.45) is 0. The van der Waals surface area contributed by atoms with Crippen molar-refractivity contribution in [3.05, 3.63) is 82.9 Å². The lowest BCUT2D eigenvalue weighted by molar-refractivity contribution is -0.132. The Morgan fingerprint density at radius 3 is 2.27 bits per heavy atom. The fourth-order valence-electron chi connectivity index (χ4n) is 4.41. The van der Waals surface area contributed by atoms with E-state index >= 15 is 0 Å². The average Bonchev–Trinajstić information content (AvgIpc) is 3.16. The highest BCUT2D eigenvalue weighted by Crippen LogP contribution is 2.45. The molecule has 0 aliphatic carbocycles. The normalized spacial score (nSPS) is 16.6. The molecule has 0 spiro atoms. The van der Waals surface area contributed by atoms with Gasteiger partial charge < -0.3 is 24.4 Å². The molecule has 1 unspecified atom stereocenters. The minimum atomic E-state index is -0.997. The van der Waals surface area contributed by atoms with Crippen molar-refractivity contribution >= 4 is 23.1 Å². The van der Waals surface area contributed by atoms with Gasteiger partial charge in [0.15, 0.2) is 11.5 Å². The molecule has 192 valence electrons. The Hall–Kier alpha value is -4.46. The van der Waals surface area contributed by atoms with Gasteiger partial charge in [-0.25, -0.2) is 0 Å². The summed E-state index contributed by atoms with van der Waals surface area (Å²) in [7, 11) is 1.46. The van der Waals surface area contributed by atoms with E-state index < -0.39 is 17.7 Å². The third kappa shape index (κ3) is 4.82. The second kappa shape index (κ2) is 10.7. The number of benzene rings is 3. The molecule has 4 rings (SSSR count).